The third-order valence-electron chi connectivity index (χ3n) is 4.23. The maximum absolute atomic E-state index is 12.5. The van der Waals surface area contributed by atoms with E-state index in [1.165, 1.54) is 19.2 Å². The quantitative estimate of drug-likeness (QED) is 0.651. The number of halogens is 1. The Kier molecular flexibility index (Phi) is 5.86. The van der Waals surface area contributed by atoms with Crippen LogP contribution in [0.2, 0.25) is 4.34 Å². The summed E-state index contributed by atoms with van der Waals surface area (Å²) in [6.45, 7) is 1.60. The Morgan fingerprint density at radius 3 is 2.52 bits per heavy atom. The lowest BCUT2D eigenvalue weighted by Crippen LogP contribution is -2.39. The van der Waals surface area contributed by atoms with Crippen molar-refractivity contribution in [2.75, 3.05) is 13.6 Å². The molecule has 1 aromatic heterocycles. The van der Waals surface area contributed by atoms with Gasteiger partial charge in [-0.1, -0.05) is 48.0 Å². The zero-order chi connectivity index (χ0) is 19.6. The van der Waals surface area contributed by atoms with E-state index in [0.717, 1.165) is 32.0 Å². The Hall–Kier alpha value is -1.93. The van der Waals surface area contributed by atoms with Gasteiger partial charge in [0.25, 0.3) is 10.0 Å². The molecule has 8 heteroatoms. The van der Waals surface area contributed by atoms with Crippen LogP contribution in [-0.2, 0) is 14.8 Å². The maximum atomic E-state index is 12.5. The summed E-state index contributed by atoms with van der Waals surface area (Å²) in [6, 6.07) is 16.7. The fraction of sp³-hybridized carbons (Fsp3) is 0.211. The van der Waals surface area contributed by atoms with Gasteiger partial charge < -0.3 is 5.32 Å². The summed E-state index contributed by atoms with van der Waals surface area (Å²) in [5.74, 6) is -0.371. The number of rotatable bonds is 6. The van der Waals surface area contributed by atoms with Crippen molar-refractivity contribution in [3.8, 4) is 0 Å². The Morgan fingerprint density at radius 1 is 1.15 bits per heavy atom. The van der Waals surface area contributed by atoms with Crippen LogP contribution in [0.5, 0.6) is 0 Å². The summed E-state index contributed by atoms with van der Waals surface area (Å²) in [5, 5.41) is 5.07. The zero-order valence-corrected chi connectivity index (χ0v) is 17.2. The van der Waals surface area contributed by atoms with Gasteiger partial charge in [-0.05, 0) is 41.5 Å². The second-order valence-corrected chi connectivity index (χ2v) is 10.2. The van der Waals surface area contributed by atoms with Crippen LogP contribution in [0.25, 0.3) is 10.8 Å². The summed E-state index contributed by atoms with van der Waals surface area (Å²) in [4.78, 5) is 12.3. The third kappa shape index (κ3) is 4.50. The van der Waals surface area contributed by atoms with Gasteiger partial charge in [0.2, 0.25) is 5.91 Å². The van der Waals surface area contributed by atoms with Gasteiger partial charge in [-0.25, -0.2) is 8.42 Å². The fourth-order valence-electron chi connectivity index (χ4n) is 2.72. The van der Waals surface area contributed by atoms with Gasteiger partial charge in [0.15, 0.2) is 0 Å². The smallest absolute Gasteiger partial charge is 0.252 e. The molecule has 0 aliphatic heterocycles. The van der Waals surface area contributed by atoms with Crippen molar-refractivity contribution < 1.29 is 13.2 Å². The molecule has 3 aromatic rings. The molecule has 0 bridgehead atoms. The van der Waals surface area contributed by atoms with Crippen LogP contribution in [-0.4, -0.2) is 32.2 Å². The van der Waals surface area contributed by atoms with Crippen LogP contribution in [0.3, 0.4) is 0 Å². The van der Waals surface area contributed by atoms with E-state index < -0.39 is 10.0 Å². The standard InChI is InChI=1S/C19H19ClN2O3S2/c1-13(15-8-7-14-5-3-4-6-16(14)11-15)21-18(23)12-22(2)27(24,25)19-10-9-17(20)26-19/h3-11,13H,12H2,1-2H3,(H,21,23). The molecule has 5 nitrogen and oxygen atoms in total. The number of sulfonamides is 1. The molecule has 142 valence electrons. The first-order valence-corrected chi connectivity index (χ1v) is 10.9. The predicted octanol–water partition coefficient (Wildman–Crippen LogP) is 4.05. The first kappa shape index (κ1) is 19.8. The highest BCUT2D eigenvalue weighted by Gasteiger charge is 2.25. The van der Waals surface area contributed by atoms with Crippen molar-refractivity contribution in [3.05, 3.63) is 64.5 Å². The number of hydrogen-bond acceptors (Lipinski definition) is 4. The fourth-order valence-corrected chi connectivity index (χ4v) is 5.55. The van der Waals surface area contributed by atoms with Gasteiger partial charge in [-0.3, -0.25) is 4.79 Å². The second-order valence-electron chi connectivity index (χ2n) is 6.22. The Balaban J connectivity index is 1.67. The van der Waals surface area contributed by atoms with Crippen LogP contribution in [0.1, 0.15) is 18.5 Å². The SMILES string of the molecule is CC(NC(=O)CN(C)S(=O)(=O)c1ccc(Cl)s1)c1ccc2ccccc2c1. The minimum atomic E-state index is -3.74. The maximum Gasteiger partial charge on any atom is 0.252 e. The molecule has 0 fully saturated rings. The minimum Gasteiger partial charge on any atom is -0.348 e. The Bertz CT molecular complexity index is 1080. The normalized spacial score (nSPS) is 13.0. The van der Waals surface area contributed by atoms with Gasteiger partial charge in [-0.15, -0.1) is 11.3 Å². The van der Waals surface area contributed by atoms with Crippen molar-refractivity contribution in [1.82, 2.24) is 9.62 Å². The number of nitrogens with one attached hydrogen (secondary N) is 1. The summed E-state index contributed by atoms with van der Waals surface area (Å²) in [7, 11) is -2.36. The van der Waals surface area contributed by atoms with Crippen molar-refractivity contribution in [2.24, 2.45) is 0 Å². The molecule has 2 aromatic carbocycles. The van der Waals surface area contributed by atoms with E-state index in [1.807, 2.05) is 49.4 Å². The van der Waals surface area contributed by atoms with Crippen LogP contribution in [0.15, 0.2) is 58.8 Å². The first-order chi connectivity index (χ1) is 12.8. The highest BCUT2D eigenvalue weighted by molar-refractivity contribution is 7.91. The molecule has 0 saturated heterocycles. The lowest BCUT2D eigenvalue weighted by molar-refractivity contribution is -0.121. The van der Waals surface area contributed by atoms with Crippen molar-refractivity contribution in [3.63, 3.8) is 0 Å². The second kappa shape index (κ2) is 7.98. The molecule has 1 unspecified atom stereocenters. The van der Waals surface area contributed by atoms with Gasteiger partial charge in [0, 0.05) is 7.05 Å². The highest BCUT2D eigenvalue weighted by Crippen LogP contribution is 2.27. The van der Waals surface area contributed by atoms with Crippen molar-refractivity contribution in [2.45, 2.75) is 17.2 Å². The van der Waals surface area contributed by atoms with Gasteiger partial charge in [0.05, 0.1) is 16.9 Å². The highest BCUT2D eigenvalue weighted by atomic mass is 35.5. The predicted molar refractivity (Wildman–Crippen MR) is 110 cm³/mol. The monoisotopic (exact) mass is 422 g/mol. The number of hydrogen-bond donors (Lipinski definition) is 1. The average Bonchev–Trinajstić information content (AvgIpc) is 3.08. The minimum absolute atomic E-state index is 0.116. The molecule has 3 rings (SSSR count). The molecule has 0 saturated carbocycles. The topological polar surface area (TPSA) is 66.5 Å². The van der Waals surface area contributed by atoms with Crippen LogP contribution in [0.4, 0.5) is 0 Å². The largest absolute Gasteiger partial charge is 0.348 e. The third-order valence-corrected chi connectivity index (χ3v) is 7.73. The van der Waals surface area contributed by atoms with E-state index in [9.17, 15) is 13.2 Å². The molecule has 1 heterocycles. The number of amides is 1. The number of thiophene rings is 1. The summed E-state index contributed by atoms with van der Waals surface area (Å²) >= 11 is 6.78. The van der Waals surface area contributed by atoms with Crippen molar-refractivity contribution >= 4 is 49.6 Å². The zero-order valence-electron chi connectivity index (χ0n) is 14.8. The summed E-state index contributed by atoms with van der Waals surface area (Å²) in [6.07, 6.45) is 0. The number of carbonyl (C=O) groups excluding carboxylic acids is 1. The number of fused-ring (bicyclic) bond motifs is 1. The molecule has 1 N–H and O–H groups in total. The van der Waals surface area contributed by atoms with E-state index in [4.69, 9.17) is 11.6 Å². The number of nitrogens with zero attached hydrogens (tertiary/aromatic N) is 1. The molecule has 0 spiro atoms. The van der Waals surface area contributed by atoms with Gasteiger partial charge in [0.1, 0.15) is 4.21 Å². The van der Waals surface area contributed by atoms with E-state index in [1.54, 1.807) is 0 Å². The Morgan fingerprint density at radius 2 is 1.85 bits per heavy atom. The van der Waals surface area contributed by atoms with Crippen LogP contribution >= 0.6 is 22.9 Å². The summed E-state index contributed by atoms with van der Waals surface area (Å²) < 4.78 is 26.5. The van der Waals surface area contributed by atoms with E-state index in [2.05, 4.69) is 5.32 Å². The molecule has 1 atom stereocenters. The van der Waals surface area contributed by atoms with E-state index in [0.29, 0.717) is 4.34 Å². The molecule has 27 heavy (non-hydrogen) atoms. The van der Waals surface area contributed by atoms with E-state index in [-0.39, 0.29) is 22.7 Å². The number of carbonyl (C=O) groups is 1. The van der Waals surface area contributed by atoms with Gasteiger partial charge in [-0.2, -0.15) is 4.31 Å². The molecule has 0 aliphatic carbocycles. The molecule has 0 radical (unpaired) electrons. The lowest BCUT2D eigenvalue weighted by atomic mass is 10.0. The average molecular weight is 423 g/mol. The number of likely N-dealkylation sites (N-methyl/N-ethyl adjacent to an activating group) is 1. The molecular formula is C19H19ClN2O3S2. The molecule has 1 amide bonds. The van der Waals surface area contributed by atoms with E-state index >= 15 is 0 Å². The molecule has 0 aliphatic rings. The van der Waals surface area contributed by atoms with Crippen LogP contribution < -0.4 is 5.32 Å². The Labute approximate surface area is 167 Å². The first-order valence-electron chi connectivity index (χ1n) is 8.27. The van der Waals surface area contributed by atoms with Gasteiger partial charge >= 0.3 is 0 Å². The lowest BCUT2D eigenvalue weighted by Gasteiger charge is -2.19. The molecular weight excluding hydrogens is 404 g/mol. The van der Waals surface area contributed by atoms with Crippen LogP contribution in [0, 0.1) is 0 Å². The van der Waals surface area contributed by atoms with Crippen molar-refractivity contribution in [1.29, 1.82) is 0 Å². The summed E-state index contributed by atoms with van der Waals surface area (Å²) in [5.41, 5.74) is 0.956. The number of benzene rings is 2.